The van der Waals surface area contributed by atoms with Gasteiger partial charge in [0.15, 0.2) is 0 Å². The van der Waals surface area contributed by atoms with Crippen LogP contribution >= 0.6 is 12.4 Å². The van der Waals surface area contributed by atoms with Gasteiger partial charge in [0.05, 0.1) is 17.5 Å². The molecule has 1 rings (SSSR count). The van der Waals surface area contributed by atoms with Crippen molar-refractivity contribution < 1.29 is 23.1 Å². The number of benzene rings is 1. The number of hydrogen-bond donors (Lipinski definition) is 2. The van der Waals surface area contributed by atoms with Gasteiger partial charge < -0.3 is 10.4 Å². The Balaban J connectivity index is 0.00000625. The van der Waals surface area contributed by atoms with E-state index in [0.717, 1.165) is 4.31 Å². The number of carboxylic acid groups (broad SMARTS) is 1. The molecule has 0 fully saturated rings. The van der Waals surface area contributed by atoms with Crippen LogP contribution in [0.3, 0.4) is 0 Å². The molecule has 26 heavy (non-hydrogen) atoms. The molecular formula is C16H26ClN3O5S. The largest absolute Gasteiger partial charge is 0.480 e. The molecule has 0 aliphatic rings. The van der Waals surface area contributed by atoms with E-state index < -0.39 is 27.9 Å². The molecule has 0 aromatic heterocycles. The second kappa shape index (κ2) is 10.5. The van der Waals surface area contributed by atoms with Crippen molar-refractivity contribution in [1.29, 1.82) is 0 Å². The van der Waals surface area contributed by atoms with Crippen molar-refractivity contribution in [2.75, 3.05) is 32.5 Å². The van der Waals surface area contributed by atoms with Gasteiger partial charge in [0, 0.05) is 19.8 Å². The molecule has 148 valence electrons. The average molecular weight is 408 g/mol. The van der Waals surface area contributed by atoms with Crippen molar-refractivity contribution in [3.05, 3.63) is 24.3 Å². The minimum absolute atomic E-state index is 0. The minimum atomic E-state index is -3.60. The highest BCUT2D eigenvalue weighted by Crippen LogP contribution is 2.18. The summed E-state index contributed by atoms with van der Waals surface area (Å²) in [6, 6.07) is 5.28. The Bertz CT molecular complexity index is 724. The molecule has 2 N–H and O–H groups in total. The molecule has 0 radical (unpaired) electrons. The SMILES string of the molecule is CCCN(CC(=O)O)C(C)C(=O)Nc1cccc(S(=O)(=O)N(C)C)c1.Cl. The van der Waals surface area contributed by atoms with E-state index >= 15 is 0 Å². The summed E-state index contributed by atoms with van der Waals surface area (Å²) in [6.45, 7) is 3.75. The van der Waals surface area contributed by atoms with Crippen molar-refractivity contribution in [2.24, 2.45) is 0 Å². The first-order chi connectivity index (χ1) is 11.6. The number of aliphatic carboxylic acids is 1. The number of rotatable bonds is 9. The molecule has 1 unspecified atom stereocenters. The predicted octanol–water partition coefficient (Wildman–Crippen LogP) is 1.48. The second-order valence-electron chi connectivity index (χ2n) is 5.84. The van der Waals surface area contributed by atoms with Crippen LogP contribution < -0.4 is 5.32 Å². The lowest BCUT2D eigenvalue weighted by molar-refractivity contribution is -0.139. The van der Waals surface area contributed by atoms with Crippen LogP contribution in [0, 0.1) is 0 Å². The number of nitrogens with one attached hydrogen (secondary N) is 1. The van der Waals surface area contributed by atoms with E-state index in [-0.39, 0.29) is 23.8 Å². The Labute approximate surface area is 160 Å². The maximum Gasteiger partial charge on any atom is 0.317 e. The summed E-state index contributed by atoms with van der Waals surface area (Å²) in [7, 11) is -0.747. The van der Waals surface area contributed by atoms with Crippen molar-refractivity contribution in [3.63, 3.8) is 0 Å². The maximum absolute atomic E-state index is 12.4. The Morgan fingerprint density at radius 3 is 2.38 bits per heavy atom. The molecule has 0 saturated heterocycles. The summed E-state index contributed by atoms with van der Waals surface area (Å²) in [5.74, 6) is -1.40. The quantitative estimate of drug-likeness (QED) is 0.642. The topological polar surface area (TPSA) is 107 Å². The summed E-state index contributed by atoms with van der Waals surface area (Å²) in [5, 5.41) is 11.6. The Kier molecular flexibility index (Phi) is 9.79. The predicted molar refractivity (Wildman–Crippen MR) is 102 cm³/mol. The number of amides is 1. The number of nitrogens with zero attached hydrogens (tertiary/aromatic N) is 2. The van der Waals surface area contributed by atoms with Gasteiger partial charge in [-0.25, -0.2) is 12.7 Å². The van der Waals surface area contributed by atoms with Gasteiger partial charge in [-0.1, -0.05) is 13.0 Å². The monoisotopic (exact) mass is 407 g/mol. The molecule has 10 heteroatoms. The van der Waals surface area contributed by atoms with E-state index in [1.54, 1.807) is 17.9 Å². The number of anilines is 1. The zero-order valence-corrected chi connectivity index (χ0v) is 16.9. The van der Waals surface area contributed by atoms with Gasteiger partial charge in [-0.05, 0) is 38.1 Å². The number of hydrogen-bond acceptors (Lipinski definition) is 5. The normalized spacial score (nSPS) is 12.5. The van der Waals surface area contributed by atoms with Gasteiger partial charge in [0.1, 0.15) is 0 Å². The van der Waals surface area contributed by atoms with Gasteiger partial charge in [-0.3, -0.25) is 14.5 Å². The molecule has 0 saturated carbocycles. The summed E-state index contributed by atoms with van der Waals surface area (Å²) < 4.78 is 25.4. The summed E-state index contributed by atoms with van der Waals surface area (Å²) in [4.78, 5) is 25.0. The third-order valence-corrected chi connectivity index (χ3v) is 5.47. The zero-order valence-electron chi connectivity index (χ0n) is 15.3. The van der Waals surface area contributed by atoms with E-state index in [1.165, 1.54) is 32.3 Å². The van der Waals surface area contributed by atoms with Crippen molar-refractivity contribution in [2.45, 2.75) is 31.2 Å². The standard InChI is InChI=1S/C16H25N3O5S.ClH/c1-5-9-19(11-15(20)21)12(2)16(22)17-13-7-6-8-14(10-13)25(23,24)18(3)4;/h6-8,10,12H,5,9,11H2,1-4H3,(H,17,22)(H,20,21);1H. The van der Waals surface area contributed by atoms with Crippen LogP contribution in [0.1, 0.15) is 20.3 Å². The van der Waals surface area contributed by atoms with Crippen LogP contribution in [0.5, 0.6) is 0 Å². The fraction of sp³-hybridized carbons (Fsp3) is 0.500. The number of carboxylic acids is 1. The summed E-state index contributed by atoms with van der Waals surface area (Å²) >= 11 is 0. The van der Waals surface area contributed by atoms with Crippen LogP contribution in [0.4, 0.5) is 5.69 Å². The van der Waals surface area contributed by atoms with E-state index in [2.05, 4.69) is 5.32 Å². The van der Waals surface area contributed by atoms with Crippen LogP contribution in [0.15, 0.2) is 29.2 Å². The van der Waals surface area contributed by atoms with E-state index in [0.29, 0.717) is 18.7 Å². The lowest BCUT2D eigenvalue weighted by atomic mass is 10.2. The average Bonchev–Trinajstić information content (AvgIpc) is 2.53. The van der Waals surface area contributed by atoms with Crippen LogP contribution in [-0.2, 0) is 19.6 Å². The Morgan fingerprint density at radius 2 is 1.88 bits per heavy atom. The first-order valence-corrected chi connectivity index (χ1v) is 9.33. The number of halogens is 1. The van der Waals surface area contributed by atoms with Crippen LogP contribution in [-0.4, -0.2) is 67.8 Å². The van der Waals surface area contributed by atoms with Crippen molar-refractivity contribution in [3.8, 4) is 0 Å². The molecule has 1 aromatic rings. The Hall–Kier alpha value is -1.68. The highest BCUT2D eigenvalue weighted by molar-refractivity contribution is 7.89. The van der Waals surface area contributed by atoms with Gasteiger partial charge in [0.2, 0.25) is 15.9 Å². The Morgan fingerprint density at radius 1 is 1.27 bits per heavy atom. The molecule has 1 aromatic carbocycles. The summed E-state index contributed by atoms with van der Waals surface area (Å²) in [5.41, 5.74) is 0.339. The molecule has 0 heterocycles. The zero-order chi connectivity index (χ0) is 19.2. The molecule has 0 spiro atoms. The lowest BCUT2D eigenvalue weighted by Gasteiger charge is -2.26. The van der Waals surface area contributed by atoms with Gasteiger partial charge in [-0.15, -0.1) is 12.4 Å². The third kappa shape index (κ3) is 6.56. The highest BCUT2D eigenvalue weighted by Gasteiger charge is 2.23. The van der Waals surface area contributed by atoms with E-state index in [1.807, 2.05) is 6.92 Å². The fourth-order valence-electron chi connectivity index (χ4n) is 2.23. The van der Waals surface area contributed by atoms with Crippen molar-refractivity contribution >= 4 is 40.0 Å². The van der Waals surface area contributed by atoms with Crippen LogP contribution in [0.2, 0.25) is 0 Å². The van der Waals surface area contributed by atoms with E-state index in [9.17, 15) is 18.0 Å². The molecular weight excluding hydrogens is 382 g/mol. The van der Waals surface area contributed by atoms with Gasteiger partial charge >= 0.3 is 5.97 Å². The fourth-order valence-corrected chi connectivity index (χ4v) is 3.18. The van der Waals surface area contributed by atoms with E-state index in [4.69, 9.17) is 5.11 Å². The van der Waals surface area contributed by atoms with Gasteiger partial charge in [-0.2, -0.15) is 0 Å². The summed E-state index contributed by atoms with van der Waals surface area (Å²) in [6.07, 6.45) is 0.710. The third-order valence-electron chi connectivity index (χ3n) is 3.66. The lowest BCUT2D eigenvalue weighted by Crippen LogP contribution is -2.44. The first kappa shape index (κ1) is 24.3. The first-order valence-electron chi connectivity index (χ1n) is 7.89. The molecule has 0 aliphatic heterocycles. The second-order valence-corrected chi connectivity index (χ2v) is 8.00. The highest BCUT2D eigenvalue weighted by atomic mass is 35.5. The molecule has 1 amide bonds. The van der Waals surface area contributed by atoms with Crippen LogP contribution in [0.25, 0.3) is 0 Å². The molecule has 8 nitrogen and oxygen atoms in total. The minimum Gasteiger partial charge on any atom is -0.480 e. The number of carbonyl (C=O) groups excluding carboxylic acids is 1. The maximum atomic E-state index is 12.4. The molecule has 1 atom stereocenters. The smallest absolute Gasteiger partial charge is 0.317 e. The molecule has 0 bridgehead atoms. The van der Waals surface area contributed by atoms with Gasteiger partial charge in [0.25, 0.3) is 0 Å². The van der Waals surface area contributed by atoms with Crippen molar-refractivity contribution in [1.82, 2.24) is 9.21 Å². The number of carbonyl (C=O) groups is 2. The number of sulfonamides is 1. The molecule has 0 aliphatic carbocycles.